The molecular formula is C15H22F4O. The first-order valence-electron chi connectivity index (χ1n) is 7.32. The van der Waals surface area contributed by atoms with Crippen LogP contribution in [0.5, 0.6) is 0 Å². The third-order valence-electron chi connectivity index (χ3n) is 4.36. The molecule has 0 bridgehead atoms. The summed E-state index contributed by atoms with van der Waals surface area (Å²) in [5.41, 5.74) is 1.50. The lowest BCUT2D eigenvalue weighted by Crippen LogP contribution is -2.42. The zero-order valence-electron chi connectivity index (χ0n) is 12.0. The lowest BCUT2D eigenvalue weighted by molar-refractivity contribution is -0.265. The van der Waals surface area contributed by atoms with E-state index in [0.717, 1.165) is 31.3 Å². The van der Waals surface area contributed by atoms with Crippen molar-refractivity contribution in [3.63, 3.8) is 0 Å². The van der Waals surface area contributed by atoms with E-state index >= 15 is 0 Å². The van der Waals surface area contributed by atoms with Gasteiger partial charge in [-0.05, 0) is 50.0 Å². The van der Waals surface area contributed by atoms with Gasteiger partial charge in [0.1, 0.15) is 0 Å². The van der Waals surface area contributed by atoms with Crippen molar-refractivity contribution >= 4 is 0 Å². The third-order valence-corrected chi connectivity index (χ3v) is 4.36. The minimum atomic E-state index is -3.42. The predicted octanol–water partition coefficient (Wildman–Crippen LogP) is 4.96. The molecule has 0 aromatic carbocycles. The summed E-state index contributed by atoms with van der Waals surface area (Å²) in [7, 11) is 0. The minimum absolute atomic E-state index is 0.124. The molecule has 0 saturated heterocycles. The Morgan fingerprint density at radius 1 is 1.05 bits per heavy atom. The normalized spacial score (nSPS) is 36.3. The molecule has 0 heterocycles. The Morgan fingerprint density at radius 2 is 1.65 bits per heavy atom. The molecule has 0 aliphatic heterocycles. The summed E-state index contributed by atoms with van der Waals surface area (Å²) in [6.45, 7) is 2.71. The van der Waals surface area contributed by atoms with E-state index in [2.05, 4.69) is 11.7 Å². The average Bonchev–Trinajstić information content (AvgIpc) is 2.35. The molecule has 3 unspecified atom stereocenters. The van der Waals surface area contributed by atoms with E-state index in [1.54, 1.807) is 0 Å². The number of hydrogen-bond donors (Lipinski definition) is 0. The molecular weight excluding hydrogens is 272 g/mol. The van der Waals surface area contributed by atoms with Crippen LogP contribution < -0.4 is 0 Å². The highest BCUT2D eigenvalue weighted by Gasteiger charge is 2.42. The number of allylic oxidation sites excluding steroid dienone is 2. The molecule has 2 aliphatic rings. The van der Waals surface area contributed by atoms with E-state index in [1.165, 1.54) is 0 Å². The van der Waals surface area contributed by atoms with Crippen molar-refractivity contribution in [1.82, 2.24) is 0 Å². The third kappa shape index (κ3) is 3.74. The number of hydrogen-bond acceptors (Lipinski definition) is 1. The van der Waals surface area contributed by atoms with Gasteiger partial charge in [-0.2, -0.15) is 8.78 Å². The van der Waals surface area contributed by atoms with E-state index in [1.807, 2.05) is 0 Å². The molecule has 116 valence electrons. The highest BCUT2D eigenvalue weighted by molar-refractivity contribution is 5.24. The second-order valence-corrected chi connectivity index (χ2v) is 6.16. The molecule has 3 atom stereocenters. The van der Waals surface area contributed by atoms with Gasteiger partial charge < -0.3 is 4.74 Å². The number of ether oxygens (including phenoxy) is 1. The molecule has 0 aromatic rings. The Hall–Kier alpha value is -0.580. The lowest BCUT2D eigenvalue weighted by Gasteiger charge is -2.35. The molecule has 2 aliphatic carbocycles. The average molecular weight is 294 g/mol. The standard InChI is InChI=1S/C15H22F4O/c1-9-3-5-10(6-4-9)11-7-8-12(14(17)13(11)16)20-15(2,18)19/h9,12-14H,3-8H2,1-2H3. The summed E-state index contributed by atoms with van der Waals surface area (Å²) in [6.07, 6.45) is -4.50. The Balaban J connectivity index is 2.05. The first-order chi connectivity index (χ1) is 9.28. The van der Waals surface area contributed by atoms with Crippen molar-refractivity contribution < 1.29 is 22.3 Å². The summed E-state index contributed by atoms with van der Waals surface area (Å²) in [6, 6.07) is 0. The lowest BCUT2D eigenvalue weighted by atomic mass is 9.79. The van der Waals surface area contributed by atoms with E-state index in [4.69, 9.17) is 0 Å². The van der Waals surface area contributed by atoms with Crippen LogP contribution in [0.4, 0.5) is 17.6 Å². The number of halogens is 4. The summed E-state index contributed by atoms with van der Waals surface area (Å²) < 4.78 is 58.1. The van der Waals surface area contributed by atoms with Crippen molar-refractivity contribution in [3.8, 4) is 0 Å². The van der Waals surface area contributed by atoms with Crippen LogP contribution in [-0.4, -0.2) is 24.6 Å². The van der Waals surface area contributed by atoms with Crippen LogP contribution >= 0.6 is 0 Å². The maximum absolute atomic E-state index is 14.2. The van der Waals surface area contributed by atoms with Crippen LogP contribution in [0, 0.1) is 5.92 Å². The fourth-order valence-corrected chi connectivity index (χ4v) is 3.17. The molecule has 20 heavy (non-hydrogen) atoms. The monoisotopic (exact) mass is 294 g/mol. The maximum atomic E-state index is 14.2. The summed E-state index contributed by atoms with van der Waals surface area (Å²) in [4.78, 5) is 0. The fraction of sp³-hybridized carbons (Fsp3) is 0.867. The van der Waals surface area contributed by atoms with Gasteiger partial charge in [0.15, 0.2) is 12.3 Å². The van der Waals surface area contributed by atoms with Gasteiger partial charge in [-0.3, -0.25) is 0 Å². The zero-order valence-corrected chi connectivity index (χ0v) is 12.0. The predicted molar refractivity (Wildman–Crippen MR) is 69.2 cm³/mol. The van der Waals surface area contributed by atoms with Gasteiger partial charge in [0, 0.05) is 6.92 Å². The Kier molecular flexibility index (Phi) is 4.77. The van der Waals surface area contributed by atoms with Crippen LogP contribution in [0.15, 0.2) is 11.1 Å². The van der Waals surface area contributed by atoms with Gasteiger partial charge in [0.05, 0.1) is 6.10 Å². The summed E-state index contributed by atoms with van der Waals surface area (Å²) >= 11 is 0. The first kappa shape index (κ1) is 15.8. The molecule has 2 rings (SSSR count). The topological polar surface area (TPSA) is 9.23 Å². The van der Waals surface area contributed by atoms with Gasteiger partial charge in [0.2, 0.25) is 0 Å². The van der Waals surface area contributed by atoms with Gasteiger partial charge in [-0.1, -0.05) is 12.5 Å². The first-order valence-corrected chi connectivity index (χ1v) is 7.32. The Morgan fingerprint density at radius 3 is 2.20 bits per heavy atom. The molecule has 2 fully saturated rings. The van der Waals surface area contributed by atoms with Crippen LogP contribution in [-0.2, 0) is 4.74 Å². The van der Waals surface area contributed by atoms with Gasteiger partial charge in [-0.25, -0.2) is 8.78 Å². The number of rotatable bonds is 2. The Labute approximate surface area is 117 Å². The smallest absolute Gasteiger partial charge is 0.314 e. The Bertz CT molecular complexity index is 365. The second kappa shape index (κ2) is 6.04. The molecule has 1 nitrogen and oxygen atoms in total. The molecule has 5 heteroatoms. The van der Waals surface area contributed by atoms with Crippen molar-refractivity contribution in [1.29, 1.82) is 0 Å². The zero-order chi connectivity index (χ0) is 14.9. The minimum Gasteiger partial charge on any atom is -0.314 e. The van der Waals surface area contributed by atoms with Gasteiger partial charge in [-0.15, -0.1) is 0 Å². The van der Waals surface area contributed by atoms with E-state index < -0.39 is 24.6 Å². The van der Waals surface area contributed by atoms with Crippen molar-refractivity contribution in [2.24, 2.45) is 5.92 Å². The molecule has 0 radical (unpaired) electrons. The quantitative estimate of drug-likeness (QED) is 0.516. The van der Waals surface area contributed by atoms with Crippen LogP contribution in [0.2, 0.25) is 0 Å². The molecule has 2 saturated carbocycles. The van der Waals surface area contributed by atoms with Gasteiger partial charge in [0.25, 0.3) is 0 Å². The molecule has 0 amide bonds. The van der Waals surface area contributed by atoms with Gasteiger partial charge >= 0.3 is 6.11 Å². The van der Waals surface area contributed by atoms with E-state index in [9.17, 15) is 17.6 Å². The summed E-state index contributed by atoms with van der Waals surface area (Å²) in [5.74, 6) is 0.622. The SMILES string of the molecule is CC1CCC(=C2CCC(OC(C)(F)F)C(F)C2F)CC1. The maximum Gasteiger partial charge on any atom is 0.353 e. The van der Waals surface area contributed by atoms with Crippen molar-refractivity contribution in [2.75, 3.05) is 0 Å². The largest absolute Gasteiger partial charge is 0.353 e. The van der Waals surface area contributed by atoms with Crippen LogP contribution in [0.1, 0.15) is 52.4 Å². The molecule has 0 aromatic heterocycles. The highest BCUT2D eigenvalue weighted by Crippen LogP contribution is 2.39. The fourth-order valence-electron chi connectivity index (χ4n) is 3.17. The second-order valence-electron chi connectivity index (χ2n) is 6.16. The van der Waals surface area contributed by atoms with E-state index in [0.29, 0.717) is 24.8 Å². The molecule has 0 spiro atoms. The molecule has 0 N–H and O–H groups in total. The van der Waals surface area contributed by atoms with Crippen molar-refractivity contribution in [2.45, 2.75) is 76.9 Å². The van der Waals surface area contributed by atoms with E-state index in [-0.39, 0.29) is 6.42 Å². The highest BCUT2D eigenvalue weighted by atomic mass is 19.3. The van der Waals surface area contributed by atoms with Crippen LogP contribution in [0.3, 0.4) is 0 Å². The number of alkyl halides is 4. The van der Waals surface area contributed by atoms with Crippen LogP contribution in [0.25, 0.3) is 0 Å². The van der Waals surface area contributed by atoms with Crippen molar-refractivity contribution in [3.05, 3.63) is 11.1 Å². The summed E-state index contributed by atoms with van der Waals surface area (Å²) in [5, 5.41) is 0.